The smallest absolute Gasteiger partial charge is 0.246 e. The van der Waals surface area contributed by atoms with Gasteiger partial charge in [-0.15, -0.1) is 5.10 Å². The van der Waals surface area contributed by atoms with Crippen molar-refractivity contribution in [2.24, 2.45) is 11.7 Å². The van der Waals surface area contributed by atoms with Gasteiger partial charge in [-0.3, -0.25) is 14.4 Å². The monoisotopic (exact) mass is 393 g/mol. The second-order valence-corrected chi connectivity index (χ2v) is 7.66. The Balaban J connectivity index is 1.42. The van der Waals surface area contributed by atoms with Gasteiger partial charge in [-0.1, -0.05) is 61.6 Å². The molecule has 1 saturated carbocycles. The lowest BCUT2D eigenvalue weighted by Crippen LogP contribution is -2.37. The van der Waals surface area contributed by atoms with Crippen LogP contribution in [0.25, 0.3) is 0 Å². The maximum atomic E-state index is 12.6. The number of amides is 1. The Kier molecular flexibility index (Phi) is 5.24. The molecule has 1 amide bonds. The van der Waals surface area contributed by atoms with Crippen LogP contribution in [0.2, 0.25) is 0 Å². The fourth-order valence-corrected chi connectivity index (χ4v) is 4.04. The topological polar surface area (TPSA) is 120 Å². The summed E-state index contributed by atoms with van der Waals surface area (Å²) in [6.45, 7) is -0.114. The van der Waals surface area contributed by atoms with Crippen molar-refractivity contribution in [2.75, 3.05) is 0 Å². The van der Waals surface area contributed by atoms with E-state index in [4.69, 9.17) is 5.73 Å². The molecular weight excluding hydrogens is 370 g/mol. The molecule has 2 aromatic rings. The summed E-state index contributed by atoms with van der Waals surface area (Å²) >= 11 is 0. The summed E-state index contributed by atoms with van der Waals surface area (Å²) in [5, 5.41) is 10.7. The Hall–Kier alpha value is -3.29. The van der Waals surface area contributed by atoms with Gasteiger partial charge >= 0.3 is 0 Å². The van der Waals surface area contributed by atoms with Gasteiger partial charge in [0.1, 0.15) is 17.9 Å². The second kappa shape index (κ2) is 7.98. The first-order chi connectivity index (χ1) is 14.0. The third-order valence-corrected chi connectivity index (χ3v) is 5.54. The quantitative estimate of drug-likeness (QED) is 0.799. The first-order valence-electron chi connectivity index (χ1n) is 9.90. The minimum Gasteiger partial charge on any atom is -0.394 e. The lowest BCUT2D eigenvalue weighted by molar-refractivity contribution is -0.121. The Morgan fingerprint density at radius 3 is 2.52 bits per heavy atom. The van der Waals surface area contributed by atoms with Crippen molar-refractivity contribution in [3.63, 3.8) is 0 Å². The zero-order chi connectivity index (χ0) is 20.4. The number of carbonyl (C=O) groups is 3. The molecular formula is C21H23N5O3. The summed E-state index contributed by atoms with van der Waals surface area (Å²) in [5.41, 5.74) is 6.75. The van der Waals surface area contributed by atoms with Crippen LogP contribution in [-0.2, 0) is 17.8 Å². The number of aromatic nitrogens is 3. The summed E-state index contributed by atoms with van der Waals surface area (Å²) < 4.78 is 1.44. The Morgan fingerprint density at radius 2 is 1.79 bits per heavy atom. The summed E-state index contributed by atoms with van der Waals surface area (Å²) in [4.78, 5) is 37.5. The molecule has 29 heavy (non-hydrogen) atoms. The van der Waals surface area contributed by atoms with Crippen molar-refractivity contribution in [3.05, 3.63) is 58.7 Å². The molecule has 0 saturated heterocycles. The normalized spacial score (nSPS) is 17.4. The molecule has 0 radical (unpaired) electrons. The Bertz CT molecular complexity index is 1000. The molecule has 0 atom stereocenters. The number of fused-ring (bicyclic) bond motifs is 1. The number of benzene rings is 1. The highest BCUT2D eigenvalue weighted by Gasteiger charge is 2.31. The third-order valence-electron chi connectivity index (χ3n) is 5.54. The van der Waals surface area contributed by atoms with Gasteiger partial charge in [0.25, 0.3) is 0 Å². The summed E-state index contributed by atoms with van der Waals surface area (Å²) in [6.07, 6.45) is 8.85. The fraction of sp³-hybridized carbons (Fsp3) is 0.381. The highest BCUT2D eigenvalue weighted by atomic mass is 16.2. The highest BCUT2D eigenvalue weighted by molar-refractivity contribution is 6.27. The molecule has 8 heteroatoms. The molecule has 0 bridgehead atoms. The molecule has 3 N–H and O–H groups in total. The lowest BCUT2D eigenvalue weighted by atomic mass is 9.86. The predicted octanol–water partition coefficient (Wildman–Crippen LogP) is 1.77. The predicted molar refractivity (Wildman–Crippen MR) is 105 cm³/mol. The van der Waals surface area contributed by atoms with E-state index in [-0.39, 0.29) is 29.1 Å². The largest absolute Gasteiger partial charge is 0.394 e. The number of nitrogens with one attached hydrogen (secondary N) is 1. The SMILES string of the molecule is NC1=C(NC(=O)Cn2cc(CC3CCCCC3)nn2)C(=O)c2ccccc2C1=O. The lowest BCUT2D eigenvalue weighted by Gasteiger charge is -2.20. The van der Waals surface area contributed by atoms with Gasteiger partial charge < -0.3 is 11.1 Å². The van der Waals surface area contributed by atoms with E-state index in [1.54, 1.807) is 30.5 Å². The minimum absolute atomic E-state index is 0.114. The number of nitrogens with zero attached hydrogens (tertiary/aromatic N) is 3. The van der Waals surface area contributed by atoms with Gasteiger partial charge in [-0.2, -0.15) is 0 Å². The van der Waals surface area contributed by atoms with E-state index in [1.165, 1.54) is 36.8 Å². The average Bonchev–Trinajstić information content (AvgIpc) is 3.17. The van der Waals surface area contributed by atoms with Gasteiger partial charge in [0.05, 0.1) is 5.69 Å². The van der Waals surface area contributed by atoms with E-state index in [1.807, 2.05) is 0 Å². The van der Waals surface area contributed by atoms with Gasteiger partial charge in [0.15, 0.2) is 0 Å². The number of ketones is 2. The number of hydrogen-bond donors (Lipinski definition) is 2. The first kappa shape index (κ1) is 19.0. The Labute approximate surface area is 168 Å². The van der Waals surface area contributed by atoms with Crippen LogP contribution in [-0.4, -0.2) is 32.5 Å². The van der Waals surface area contributed by atoms with Gasteiger partial charge in [0.2, 0.25) is 17.5 Å². The number of Topliss-reactive ketones (excluding diaryl/α,β-unsaturated/α-hetero) is 2. The van der Waals surface area contributed by atoms with Crippen LogP contribution in [0.15, 0.2) is 41.9 Å². The van der Waals surface area contributed by atoms with Crippen LogP contribution in [0.3, 0.4) is 0 Å². The molecule has 0 spiro atoms. The van der Waals surface area contributed by atoms with Crippen LogP contribution in [0.1, 0.15) is 58.5 Å². The van der Waals surface area contributed by atoms with Crippen LogP contribution in [0, 0.1) is 5.92 Å². The highest BCUT2D eigenvalue weighted by Crippen LogP contribution is 2.26. The van der Waals surface area contributed by atoms with Gasteiger partial charge in [-0.05, 0) is 12.3 Å². The molecule has 1 heterocycles. The van der Waals surface area contributed by atoms with Crippen molar-refractivity contribution < 1.29 is 14.4 Å². The van der Waals surface area contributed by atoms with Crippen LogP contribution >= 0.6 is 0 Å². The second-order valence-electron chi connectivity index (χ2n) is 7.66. The average molecular weight is 393 g/mol. The number of carbonyl (C=O) groups excluding carboxylic acids is 3. The Morgan fingerprint density at radius 1 is 1.10 bits per heavy atom. The van der Waals surface area contributed by atoms with Crippen LogP contribution in [0.4, 0.5) is 0 Å². The molecule has 1 aromatic heterocycles. The maximum Gasteiger partial charge on any atom is 0.246 e. The molecule has 2 aliphatic rings. The number of rotatable bonds is 5. The molecule has 0 unspecified atom stereocenters. The minimum atomic E-state index is -0.488. The molecule has 1 fully saturated rings. The third kappa shape index (κ3) is 3.96. The molecule has 4 rings (SSSR count). The van der Waals surface area contributed by atoms with E-state index in [0.29, 0.717) is 5.92 Å². The summed E-state index contributed by atoms with van der Waals surface area (Å²) in [7, 11) is 0. The number of hydrogen-bond acceptors (Lipinski definition) is 6. The van der Waals surface area contributed by atoms with E-state index in [2.05, 4.69) is 15.6 Å². The van der Waals surface area contributed by atoms with Crippen molar-refractivity contribution in [2.45, 2.75) is 45.1 Å². The van der Waals surface area contributed by atoms with E-state index >= 15 is 0 Å². The zero-order valence-electron chi connectivity index (χ0n) is 16.1. The van der Waals surface area contributed by atoms with Crippen LogP contribution in [0.5, 0.6) is 0 Å². The van der Waals surface area contributed by atoms with Crippen molar-refractivity contribution in [3.8, 4) is 0 Å². The summed E-state index contributed by atoms with van der Waals surface area (Å²) in [5.74, 6) is -0.801. The van der Waals surface area contributed by atoms with Gasteiger partial charge in [-0.25, -0.2) is 4.68 Å². The summed E-state index contributed by atoms with van der Waals surface area (Å²) in [6, 6.07) is 6.41. The molecule has 0 aliphatic heterocycles. The van der Waals surface area contributed by atoms with E-state index < -0.39 is 17.5 Å². The molecule has 8 nitrogen and oxygen atoms in total. The number of nitrogens with two attached hydrogens (primary N) is 1. The molecule has 1 aromatic carbocycles. The van der Waals surface area contributed by atoms with Crippen molar-refractivity contribution in [1.82, 2.24) is 20.3 Å². The fourth-order valence-electron chi connectivity index (χ4n) is 4.04. The van der Waals surface area contributed by atoms with E-state index in [9.17, 15) is 14.4 Å². The first-order valence-corrected chi connectivity index (χ1v) is 9.90. The standard InChI is InChI=1S/C21H23N5O3/c22-18-19(21(29)16-9-5-4-8-15(16)20(18)28)23-17(27)12-26-11-14(24-25-26)10-13-6-2-1-3-7-13/h4-5,8-9,11,13H,1-3,6-7,10,12,22H2,(H,23,27). The van der Waals surface area contributed by atoms with Crippen molar-refractivity contribution in [1.29, 1.82) is 0 Å². The maximum absolute atomic E-state index is 12.6. The molecule has 2 aliphatic carbocycles. The van der Waals surface area contributed by atoms with Crippen molar-refractivity contribution >= 4 is 17.5 Å². The van der Waals surface area contributed by atoms with E-state index in [0.717, 1.165) is 12.1 Å². The van der Waals surface area contributed by atoms with Crippen LogP contribution < -0.4 is 11.1 Å². The zero-order valence-corrected chi connectivity index (χ0v) is 16.1. The molecule has 150 valence electrons. The van der Waals surface area contributed by atoms with Gasteiger partial charge in [0, 0.05) is 17.3 Å². The number of allylic oxidation sites excluding steroid dienone is 2.